The van der Waals surface area contributed by atoms with E-state index in [1.165, 1.54) is 29.2 Å². The number of hydrogen-bond donors (Lipinski definition) is 1. The topological polar surface area (TPSA) is 40.5 Å². The lowest BCUT2D eigenvalue weighted by molar-refractivity contribution is -0.150. The van der Waals surface area contributed by atoms with E-state index < -0.39 is 11.4 Å². The number of nitrogens with zero attached hydrogens (tertiary/aromatic N) is 1. The second kappa shape index (κ2) is 5.31. The number of carbonyl (C=O) groups is 1. The Hall–Kier alpha value is -1.39. The molecule has 0 aliphatic carbocycles. The zero-order chi connectivity index (χ0) is 14.0. The van der Waals surface area contributed by atoms with Crippen LogP contribution in [-0.4, -0.2) is 34.6 Å². The molecule has 0 bridgehead atoms. The number of amides is 1. The van der Waals surface area contributed by atoms with Crippen molar-refractivity contribution in [2.24, 2.45) is 0 Å². The first-order valence-corrected chi connectivity index (χ1v) is 6.46. The summed E-state index contributed by atoms with van der Waals surface area (Å²) >= 11 is 5.85. The van der Waals surface area contributed by atoms with Gasteiger partial charge in [0.05, 0.1) is 23.7 Å². The maximum Gasteiger partial charge on any atom is 0.246 e. The van der Waals surface area contributed by atoms with Crippen molar-refractivity contribution < 1.29 is 14.3 Å². The van der Waals surface area contributed by atoms with E-state index in [0.717, 1.165) is 0 Å². The summed E-state index contributed by atoms with van der Waals surface area (Å²) in [5, 5.41) is 10.1. The third-order valence-corrected chi connectivity index (χ3v) is 3.66. The number of benzene rings is 1. The average Bonchev–Trinajstić information content (AvgIpc) is 2.34. The van der Waals surface area contributed by atoms with Crippen molar-refractivity contribution in [2.45, 2.75) is 18.9 Å². The van der Waals surface area contributed by atoms with E-state index in [1.807, 2.05) is 6.92 Å². The van der Waals surface area contributed by atoms with Crippen LogP contribution < -0.4 is 0 Å². The van der Waals surface area contributed by atoms with Gasteiger partial charge in [0.1, 0.15) is 5.82 Å². The van der Waals surface area contributed by atoms with Gasteiger partial charge < -0.3 is 10.0 Å². The molecule has 0 saturated carbocycles. The van der Waals surface area contributed by atoms with Crippen LogP contribution in [0.5, 0.6) is 0 Å². The summed E-state index contributed by atoms with van der Waals surface area (Å²) in [4.78, 5) is 13.3. The molecule has 19 heavy (non-hydrogen) atoms. The van der Waals surface area contributed by atoms with Crippen LogP contribution in [0.15, 0.2) is 24.3 Å². The standard InChI is InChI=1S/C14H15ClFNO2/c1-2-14(19)8-17(9-14)13(18)7-6-10-11(15)4-3-5-12(10)16/h3-7,19H,2,8-9H2,1H3. The van der Waals surface area contributed by atoms with Gasteiger partial charge in [0, 0.05) is 11.6 Å². The minimum Gasteiger partial charge on any atom is -0.386 e. The maximum atomic E-state index is 13.5. The molecule has 1 amide bonds. The Morgan fingerprint density at radius 1 is 1.58 bits per heavy atom. The van der Waals surface area contributed by atoms with E-state index in [-0.39, 0.29) is 16.5 Å². The first-order valence-electron chi connectivity index (χ1n) is 6.08. The zero-order valence-electron chi connectivity index (χ0n) is 10.6. The van der Waals surface area contributed by atoms with E-state index in [2.05, 4.69) is 0 Å². The smallest absolute Gasteiger partial charge is 0.246 e. The van der Waals surface area contributed by atoms with Crippen LogP contribution in [-0.2, 0) is 4.79 Å². The molecule has 1 heterocycles. The van der Waals surface area contributed by atoms with Gasteiger partial charge in [-0.2, -0.15) is 0 Å². The molecule has 1 aromatic rings. The van der Waals surface area contributed by atoms with Crippen LogP contribution in [0.2, 0.25) is 5.02 Å². The van der Waals surface area contributed by atoms with E-state index in [9.17, 15) is 14.3 Å². The van der Waals surface area contributed by atoms with Crippen molar-refractivity contribution in [2.75, 3.05) is 13.1 Å². The molecule has 2 rings (SSSR count). The van der Waals surface area contributed by atoms with Crippen LogP contribution in [0.3, 0.4) is 0 Å². The normalized spacial score (nSPS) is 17.6. The van der Waals surface area contributed by atoms with Gasteiger partial charge in [-0.15, -0.1) is 0 Å². The van der Waals surface area contributed by atoms with E-state index >= 15 is 0 Å². The van der Waals surface area contributed by atoms with Crippen LogP contribution in [0.1, 0.15) is 18.9 Å². The summed E-state index contributed by atoms with van der Waals surface area (Å²) in [5.74, 6) is -0.720. The highest BCUT2D eigenvalue weighted by Gasteiger charge is 2.41. The molecular weight excluding hydrogens is 269 g/mol. The third kappa shape index (κ3) is 2.96. The average molecular weight is 284 g/mol. The Bertz CT molecular complexity index is 504. The van der Waals surface area contributed by atoms with E-state index in [1.54, 1.807) is 6.07 Å². The highest BCUT2D eigenvalue weighted by atomic mass is 35.5. The fourth-order valence-corrected chi connectivity index (χ4v) is 2.20. The molecule has 1 aliphatic rings. The van der Waals surface area contributed by atoms with Crippen molar-refractivity contribution in [3.05, 3.63) is 40.7 Å². The number of carbonyl (C=O) groups excluding carboxylic acids is 1. The number of β-amino-alcohol motifs (C(OH)–C–C–N with tert-alkyl or cyclic N) is 1. The fourth-order valence-electron chi connectivity index (χ4n) is 1.97. The van der Waals surface area contributed by atoms with E-state index in [0.29, 0.717) is 19.5 Å². The van der Waals surface area contributed by atoms with Crippen molar-refractivity contribution >= 4 is 23.6 Å². The Balaban J connectivity index is 2.02. The lowest BCUT2D eigenvalue weighted by Gasteiger charge is -2.45. The summed E-state index contributed by atoms with van der Waals surface area (Å²) in [7, 11) is 0. The van der Waals surface area contributed by atoms with Gasteiger partial charge in [-0.1, -0.05) is 24.6 Å². The number of halogens is 2. The van der Waals surface area contributed by atoms with Crippen molar-refractivity contribution in [1.82, 2.24) is 4.90 Å². The lowest BCUT2D eigenvalue weighted by atomic mass is 9.91. The number of aliphatic hydroxyl groups is 1. The lowest BCUT2D eigenvalue weighted by Crippen LogP contribution is -2.62. The predicted octanol–water partition coefficient (Wildman–Crippen LogP) is 2.48. The predicted molar refractivity (Wildman–Crippen MR) is 72.3 cm³/mol. The molecule has 102 valence electrons. The van der Waals surface area contributed by atoms with Gasteiger partial charge >= 0.3 is 0 Å². The van der Waals surface area contributed by atoms with Crippen molar-refractivity contribution in [3.63, 3.8) is 0 Å². The second-order valence-electron chi connectivity index (χ2n) is 4.74. The largest absolute Gasteiger partial charge is 0.386 e. The summed E-state index contributed by atoms with van der Waals surface area (Å²) in [5.41, 5.74) is -0.567. The minimum absolute atomic E-state index is 0.198. The highest BCUT2D eigenvalue weighted by molar-refractivity contribution is 6.32. The quantitative estimate of drug-likeness (QED) is 0.866. The molecule has 0 spiro atoms. The highest BCUT2D eigenvalue weighted by Crippen LogP contribution is 2.25. The summed E-state index contributed by atoms with van der Waals surface area (Å²) in [6.07, 6.45) is 3.25. The molecule has 1 saturated heterocycles. The first kappa shape index (κ1) is 14.0. The molecular formula is C14H15ClFNO2. The first-order chi connectivity index (χ1) is 8.95. The minimum atomic E-state index is -0.765. The van der Waals surface area contributed by atoms with Crippen LogP contribution in [0.4, 0.5) is 4.39 Å². The monoisotopic (exact) mass is 283 g/mol. The Morgan fingerprint density at radius 3 is 2.84 bits per heavy atom. The maximum absolute atomic E-state index is 13.5. The van der Waals surface area contributed by atoms with Gasteiger partial charge in [-0.3, -0.25) is 4.79 Å². The molecule has 5 heteroatoms. The third-order valence-electron chi connectivity index (χ3n) is 3.33. The molecule has 1 aliphatic heterocycles. The van der Waals surface area contributed by atoms with Crippen LogP contribution in [0.25, 0.3) is 6.08 Å². The van der Waals surface area contributed by atoms with Crippen LogP contribution in [0, 0.1) is 5.82 Å². The summed E-state index contributed by atoms with van der Waals surface area (Å²) in [6.45, 7) is 2.51. The Morgan fingerprint density at radius 2 is 2.26 bits per heavy atom. The molecule has 0 atom stereocenters. The van der Waals surface area contributed by atoms with Crippen molar-refractivity contribution in [1.29, 1.82) is 0 Å². The molecule has 1 fully saturated rings. The second-order valence-corrected chi connectivity index (χ2v) is 5.15. The molecule has 3 nitrogen and oxygen atoms in total. The van der Waals surface area contributed by atoms with Gasteiger partial charge in [0.25, 0.3) is 0 Å². The summed E-state index contributed by atoms with van der Waals surface area (Å²) < 4.78 is 13.5. The van der Waals surface area contributed by atoms with Crippen LogP contribution >= 0.6 is 11.6 Å². The molecule has 1 aromatic carbocycles. The van der Waals surface area contributed by atoms with Gasteiger partial charge in [-0.25, -0.2) is 4.39 Å². The van der Waals surface area contributed by atoms with E-state index in [4.69, 9.17) is 11.6 Å². The SMILES string of the molecule is CCC1(O)CN(C(=O)C=Cc2c(F)cccc2Cl)C1. The fraction of sp³-hybridized carbons (Fsp3) is 0.357. The van der Waals surface area contributed by atoms with Gasteiger partial charge in [-0.05, 0) is 24.6 Å². The van der Waals surface area contributed by atoms with Gasteiger partial charge in [0.15, 0.2) is 0 Å². The number of rotatable bonds is 3. The van der Waals surface area contributed by atoms with Crippen molar-refractivity contribution in [3.8, 4) is 0 Å². The number of likely N-dealkylation sites (tertiary alicyclic amines) is 1. The molecule has 0 aromatic heterocycles. The zero-order valence-corrected chi connectivity index (χ0v) is 11.3. The van der Waals surface area contributed by atoms with Gasteiger partial charge in [0.2, 0.25) is 5.91 Å². The molecule has 0 radical (unpaired) electrons. The molecule has 0 unspecified atom stereocenters. The summed E-state index contributed by atoms with van der Waals surface area (Å²) in [6, 6.07) is 4.36. The Labute approximate surface area is 116 Å². The Kier molecular flexibility index (Phi) is 3.92. The molecule has 1 N–H and O–H groups in total. The number of hydrogen-bond acceptors (Lipinski definition) is 2.